The average Bonchev–Trinajstić information content (AvgIpc) is 2.54. The molecule has 2 rings (SSSR count). The summed E-state index contributed by atoms with van der Waals surface area (Å²) in [6, 6.07) is 14.4. The Hall–Kier alpha value is -1.85. The lowest BCUT2D eigenvalue weighted by Crippen LogP contribution is -2.37. The molecule has 2 amide bonds. The zero-order valence-electron chi connectivity index (χ0n) is 12.6. The second-order valence-corrected chi connectivity index (χ2v) is 6.27. The molecule has 23 heavy (non-hydrogen) atoms. The smallest absolute Gasteiger partial charge is 0.253 e. The number of carbonyl (C=O) groups excluding carboxylic acids is 2. The quantitative estimate of drug-likeness (QED) is 0.842. The Kier molecular flexibility index (Phi) is 6.19. The van der Waals surface area contributed by atoms with Crippen LogP contribution < -0.4 is 5.32 Å². The van der Waals surface area contributed by atoms with Gasteiger partial charge in [-0.2, -0.15) is 0 Å². The standard InChI is InChI=1S/C17H16BrClN2O2/c1-21(11-12-6-2-4-8-14(12)18)16(22)10-20-17(23)13-7-3-5-9-15(13)19/h2-9H,10-11H2,1H3,(H,20,23). The van der Waals surface area contributed by atoms with Crippen LogP contribution >= 0.6 is 27.5 Å². The van der Waals surface area contributed by atoms with Gasteiger partial charge in [0.05, 0.1) is 17.1 Å². The lowest BCUT2D eigenvalue weighted by molar-refractivity contribution is -0.129. The summed E-state index contributed by atoms with van der Waals surface area (Å²) in [5, 5.41) is 2.95. The number of rotatable bonds is 5. The van der Waals surface area contributed by atoms with Gasteiger partial charge < -0.3 is 10.2 Å². The average molecular weight is 396 g/mol. The molecule has 1 N–H and O–H groups in total. The van der Waals surface area contributed by atoms with Gasteiger partial charge in [0, 0.05) is 18.1 Å². The summed E-state index contributed by atoms with van der Waals surface area (Å²) in [6.45, 7) is 0.382. The van der Waals surface area contributed by atoms with Crippen LogP contribution in [0.5, 0.6) is 0 Å². The summed E-state index contributed by atoms with van der Waals surface area (Å²) in [5.41, 5.74) is 1.36. The summed E-state index contributed by atoms with van der Waals surface area (Å²) >= 11 is 9.41. The second kappa shape index (κ2) is 8.13. The minimum absolute atomic E-state index is 0.0784. The molecule has 0 fully saturated rings. The van der Waals surface area contributed by atoms with E-state index in [0.29, 0.717) is 17.1 Å². The molecule has 0 aliphatic heterocycles. The number of hydrogen-bond acceptors (Lipinski definition) is 2. The van der Waals surface area contributed by atoms with Crippen LogP contribution in [-0.2, 0) is 11.3 Å². The number of nitrogens with one attached hydrogen (secondary N) is 1. The van der Waals surface area contributed by atoms with E-state index < -0.39 is 0 Å². The van der Waals surface area contributed by atoms with Crippen molar-refractivity contribution in [2.45, 2.75) is 6.54 Å². The lowest BCUT2D eigenvalue weighted by atomic mass is 10.2. The predicted octanol–water partition coefficient (Wildman–Crippen LogP) is 3.49. The summed E-state index contributed by atoms with van der Waals surface area (Å²) < 4.78 is 0.944. The normalized spacial score (nSPS) is 10.2. The highest BCUT2D eigenvalue weighted by atomic mass is 79.9. The first kappa shape index (κ1) is 17.5. The lowest BCUT2D eigenvalue weighted by Gasteiger charge is -2.18. The Morgan fingerprint density at radius 2 is 1.78 bits per heavy atom. The fourth-order valence-electron chi connectivity index (χ4n) is 2.00. The predicted molar refractivity (Wildman–Crippen MR) is 94.4 cm³/mol. The minimum Gasteiger partial charge on any atom is -0.343 e. The molecule has 0 spiro atoms. The van der Waals surface area contributed by atoms with Gasteiger partial charge in [-0.05, 0) is 23.8 Å². The summed E-state index contributed by atoms with van der Waals surface area (Å²) in [7, 11) is 1.70. The van der Waals surface area contributed by atoms with Crippen LogP contribution in [0.15, 0.2) is 53.0 Å². The SMILES string of the molecule is CN(Cc1ccccc1Br)C(=O)CNC(=O)c1ccccc1Cl. The number of benzene rings is 2. The molecule has 4 nitrogen and oxygen atoms in total. The largest absolute Gasteiger partial charge is 0.343 e. The van der Waals surface area contributed by atoms with Gasteiger partial charge in [-0.15, -0.1) is 0 Å². The van der Waals surface area contributed by atoms with Crippen molar-refractivity contribution in [1.82, 2.24) is 10.2 Å². The van der Waals surface area contributed by atoms with Crippen molar-refractivity contribution in [1.29, 1.82) is 0 Å². The number of amides is 2. The van der Waals surface area contributed by atoms with Gasteiger partial charge in [0.2, 0.25) is 5.91 Å². The van der Waals surface area contributed by atoms with Gasteiger partial charge in [0.15, 0.2) is 0 Å². The van der Waals surface area contributed by atoms with Crippen molar-refractivity contribution in [3.8, 4) is 0 Å². The molecular formula is C17H16BrClN2O2. The van der Waals surface area contributed by atoms with Crippen molar-refractivity contribution in [3.63, 3.8) is 0 Å². The van der Waals surface area contributed by atoms with Crippen molar-refractivity contribution in [3.05, 3.63) is 69.2 Å². The molecule has 2 aromatic carbocycles. The van der Waals surface area contributed by atoms with Gasteiger partial charge in [-0.25, -0.2) is 0 Å². The van der Waals surface area contributed by atoms with E-state index in [-0.39, 0.29) is 18.4 Å². The molecule has 0 aliphatic rings. The first-order valence-electron chi connectivity index (χ1n) is 6.99. The Morgan fingerprint density at radius 1 is 1.13 bits per heavy atom. The first-order valence-corrected chi connectivity index (χ1v) is 8.16. The van der Waals surface area contributed by atoms with Crippen LogP contribution in [0.3, 0.4) is 0 Å². The van der Waals surface area contributed by atoms with Gasteiger partial charge in [0.25, 0.3) is 5.91 Å². The van der Waals surface area contributed by atoms with Gasteiger partial charge in [-0.3, -0.25) is 9.59 Å². The summed E-state index contributed by atoms with van der Waals surface area (Å²) in [6.07, 6.45) is 0. The van der Waals surface area contributed by atoms with Gasteiger partial charge >= 0.3 is 0 Å². The topological polar surface area (TPSA) is 49.4 Å². The molecule has 0 bridgehead atoms. The zero-order chi connectivity index (χ0) is 16.8. The Bertz CT molecular complexity index is 721. The molecule has 0 saturated carbocycles. The highest BCUT2D eigenvalue weighted by Gasteiger charge is 2.14. The third-order valence-corrected chi connectivity index (χ3v) is 4.41. The van der Waals surface area contributed by atoms with Crippen LogP contribution in [0.25, 0.3) is 0 Å². The molecule has 2 aromatic rings. The fraction of sp³-hybridized carbons (Fsp3) is 0.176. The van der Waals surface area contributed by atoms with Crippen molar-refractivity contribution >= 4 is 39.3 Å². The van der Waals surface area contributed by atoms with E-state index in [1.165, 1.54) is 0 Å². The van der Waals surface area contributed by atoms with Crippen molar-refractivity contribution in [2.75, 3.05) is 13.6 Å². The summed E-state index contributed by atoms with van der Waals surface area (Å²) in [4.78, 5) is 25.7. The third-order valence-electron chi connectivity index (χ3n) is 3.31. The Labute approximate surface area is 148 Å². The van der Waals surface area contributed by atoms with Crippen molar-refractivity contribution < 1.29 is 9.59 Å². The van der Waals surface area contributed by atoms with E-state index in [1.54, 1.807) is 36.2 Å². The van der Waals surface area contributed by atoms with Gasteiger partial charge in [0.1, 0.15) is 0 Å². The maximum absolute atomic E-state index is 12.1. The van der Waals surface area contributed by atoms with Crippen LogP contribution in [-0.4, -0.2) is 30.3 Å². The number of nitrogens with zero attached hydrogens (tertiary/aromatic N) is 1. The number of hydrogen-bond donors (Lipinski definition) is 1. The number of halogens is 2. The highest BCUT2D eigenvalue weighted by Crippen LogP contribution is 2.17. The van der Waals surface area contributed by atoms with Crippen LogP contribution in [0.4, 0.5) is 0 Å². The van der Waals surface area contributed by atoms with Crippen LogP contribution in [0.1, 0.15) is 15.9 Å². The number of likely N-dealkylation sites (N-methyl/N-ethyl adjacent to an activating group) is 1. The van der Waals surface area contributed by atoms with E-state index in [2.05, 4.69) is 21.2 Å². The molecule has 0 aromatic heterocycles. The molecular weight excluding hydrogens is 380 g/mol. The molecule has 0 heterocycles. The van der Waals surface area contributed by atoms with E-state index in [1.807, 2.05) is 24.3 Å². The monoisotopic (exact) mass is 394 g/mol. The molecule has 0 radical (unpaired) electrons. The van der Waals surface area contributed by atoms with E-state index >= 15 is 0 Å². The molecule has 0 saturated heterocycles. The van der Waals surface area contributed by atoms with E-state index in [9.17, 15) is 9.59 Å². The molecule has 6 heteroatoms. The first-order chi connectivity index (χ1) is 11.0. The highest BCUT2D eigenvalue weighted by molar-refractivity contribution is 9.10. The Balaban J connectivity index is 1.91. The molecule has 120 valence electrons. The molecule has 0 atom stereocenters. The Morgan fingerprint density at radius 3 is 2.48 bits per heavy atom. The molecule has 0 unspecified atom stereocenters. The molecule has 0 aliphatic carbocycles. The van der Waals surface area contributed by atoms with E-state index in [4.69, 9.17) is 11.6 Å². The maximum Gasteiger partial charge on any atom is 0.253 e. The maximum atomic E-state index is 12.1. The van der Waals surface area contributed by atoms with Crippen molar-refractivity contribution in [2.24, 2.45) is 0 Å². The van der Waals surface area contributed by atoms with Crippen LogP contribution in [0, 0.1) is 0 Å². The zero-order valence-corrected chi connectivity index (χ0v) is 14.9. The third kappa shape index (κ3) is 4.81. The summed E-state index contributed by atoms with van der Waals surface area (Å²) in [5.74, 6) is -0.542. The van der Waals surface area contributed by atoms with E-state index in [0.717, 1.165) is 10.0 Å². The minimum atomic E-state index is -0.363. The second-order valence-electron chi connectivity index (χ2n) is 5.00. The fourth-order valence-corrected chi connectivity index (χ4v) is 2.63. The van der Waals surface area contributed by atoms with Gasteiger partial charge in [-0.1, -0.05) is 57.9 Å². The number of carbonyl (C=O) groups is 2. The van der Waals surface area contributed by atoms with Crippen LogP contribution in [0.2, 0.25) is 5.02 Å².